The maximum atomic E-state index is 12.3. The Morgan fingerprint density at radius 3 is 2.50 bits per heavy atom. The van der Waals surface area contributed by atoms with Crippen LogP contribution in [0.3, 0.4) is 0 Å². The first-order valence-corrected chi connectivity index (χ1v) is 8.78. The molecule has 2 aliphatic rings. The van der Waals surface area contributed by atoms with Crippen molar-refractivity contribution >= 4 is 11.8 Å². The molecule has 2 saturated heterocycles. The molecule has 1 aromatic rings. The van der Waals surface area contributed by atoms with Crippen LogP contribution in [0.25, 0.3) is 0 Å². The number of carbonyl (C=O) groups is 2. The molecule has 1 spiro atoms. The van der Waals surface area contributed by atoms with Gasteiger partial charge in [0, 0.05) is 32.6 Å². The first kappa shape index (κ1) is 17.0. The fourth-order valence-corrected chi connectivity index (χ4v) is 3.92. The highest BCUT2D eigenvalue weighted by Gasteiger charge is 2.41. The molecule has 1 aromatic carbocycles. The average Bonchev–Trinajstić information content (AvgIpc) is 2.59. The van der Waals surface area contributed by atoms with Crippen LogP contribution in [0.1, 0.15) is 38.2 Å². The van der Waals surface area contributed by atoms with Crippen molar-refractivity contribution in [2.75, 3.05) is 19.6 Å². The van der Waals surface area contributed by atoms with Gasteiger partial charge in [0.2, 0.25) is 5.91 Å². The Hall–Kier alpha value is -1.88. The van der Waals surface area contributed by atoms with E-state index in [0.29, 0.717) is 26.1 Å². The van der Waals surface area contributed by atoms with E-state index in [-0.39, 0.29) is 17.2 Å². The second-order valence-electron chi connectivity index (χ2n) is 7.24. The van der Waals surface area contributed by atoms with E-state index in [1.807, 2.05) is 23.1 Å². The summed E-state index contributed by atoms with van der Waals surface area (Å²) < 4.78 is 0. The van der Waals surface area contributed by atoms with E-state index in [1.165, 1.54) is 6.92 Å². The number of amides is 2. The van der Waals surface area contributed by atoms with Crippen molar-refractivity contribution in [3.05, 3.63) is 35.9 Å². The van der Waals surface area contributed by atoms with Crippen LogP contribution < -0.4 is 0 Å². The minimum atomic E-state index is -0.929. The Kier molecular flexibility index (Phi) is 4.90. The average molecular weight is 330 g/mol. The topological polar surface area (TPSA) is 60.9 Å². The lowest BCUT2D eigenvalue weighted by Gasteiger charge is -2.47. The molecule has 5 nitrogen and oxygen atoms in total. The third-order valence-electron chi connectivity index (χ3n) is 5.46. The summed E-state index contributed by atoms with van der Waals surface area (Å²) in [5.74, 6) is 0.0461. The summed E-state index contributed by atoms with van der Waals surface area (Å²) in [6.07, 6.45) is 2.39. The molecule has 0 unspecified atom stereocenters. The molecule has 1 N–H and O–H groups in total. The molecule has 0 aliphatic carbocycles. The number of piperidine rings is 2. The Bertz CT molecular complexity index is 592. The van der Waals surface area contributed by atoms with Gasteiger partial charge in [0.05, 0.1) is 0 Å². The minimum absolute atomic E-state index is 0.123. The lowest BCUT2D eigenvalue weighted by molar-refractivity contribution is -0.146. The van der Waals surface area contributed by atoms with E-state index in [2.05, 4.69) is 12.1 Å². The number of benzene rings is 1. The van der Waals surface area contributed by atoms with E-state index in [9.17, 15) is 14.7 Å². The maximum Gasteiger partial charge on any atom is 0.251 e. The molecule has 0 radical (unpaired) electrons. The Morgan fingerprint density at radius 2 is 1.88 bits per heavy atom. The van der Waals surface area contributed by atoms with Crippen molar-refractivity contribution in [3.63, 3.8) is 0 Å². The van der Waals surface area contributed by atoms with Crippen molar-refractivity contribution < 1.29 is 14.7 Å². The number of hydrogen-bond acceptors (Lipinski definition) is 3. The molecular weight excluding hydrogens is 304 g/mol. The fraction of sp³-hybridized carbons (Fsp3) is 0.579. The van der Waals surface area contributed by atoms with Crippen molar-refractivity contribution in [1.29, 1.82) is 0 Å². The third kappa shape index (κ3) is 3.61. The van der Waals surface area contributed by atoms with E-state index < -0.39 is 6.10 Å². The van der Waals surface area contributed by atoms with Crippen LogP contribution in [0.5, 0.6) is 0 Å². The predicted molar refractivity (Wildman–Crippen MR) is 91.0 cm³/mol. The summed E-state index contributed by atoms with van der Waals surface area (Å²) in [7, 11) is 0. The van der Waals surface area contributed by atoms with Crippen molar-refractivity contribution in [1.82, 2.24) is 9.80 Å². The molecule has 5 heteroatoms. The molecule has 2 amide bonds. The molecule has 2 fully saturated rings. The number of rotatable bonds is 3. The van der Waals surface area contributed by atoms with Gasteiger partial charge in [0.1, 0.15) is 6.10 Å². The maximum absolute atomic E-state index is 12.3. The highest BCUT2D eigenvalue weighted by atomic mass is 16.3. The summed E-state index contributed by atoms with van der Waals surface area (Å²) in [4.78, 5) is 28.0. The van der Waals surface area contributed by atoms with Gasteiger partial charge in [-0.3, -0.25) is 9.59 Å². The van der Waals surface area contributed by atoms with Crippen LogP contribution >= 0.6 is 0 Å². The van der Waals surface area contributed by atoms with Gasteiger partial charge < -0.3 is 14.9 Å². The largest absolute Gasteiger partial charge is 0.384 e. The smallest absolute Gasteiger partial charge is 0.251 e. The number of aliphatic hydroxyl groups is 1. The SMILES string of the molecule is C[C@H](O)C(=O)N1CCC2(CCC(=O)N(Cc3ccccc3)C2)CC1. The van der Waals surface area contributed by atoms with Crippen molar-refractivity contribution in [2.45, 2.75) is 45.3 Å². The predicted octanol–water partition coefficient (Wildman–Crippen LogP) is 1.80. The van der Waals surface area contributed by atoms with Crippen LogP contribution in [0.2, 0.25) is 0 Å². The second-order valence-corrected chi connectivity index (χ2v) is 7.24. The first-order valence-electron chi connectivity index (χ1n) is 8.78. The van der Waals surface area contributed by atoms with Gasteiger partial charge in [-0.2, -0.15) is 0 Å². The van der Waals surface area contributed by atoms with Gasteiger partial charge in [-0.05, 0) is 37.2 Å². The Balaban J connectivity index is 1.63. The fourth-order valence-electron chi connectivity index (χ4n) is 3.92. The Morgan fingerprint density at radius 1 is 1.21 bits per heavy atom. The highest BCUT2D eigenvalue weighted by Crippen LogP contribution is 2.40. The van der Waals surface area contributed by atoms with Gasteiger partial charge >= 0.3 is 0 Å². The summed E-state index contributed by atoms with van der Waals surface area (Å²) in [6.45, 7) is 4.32. The van der Waals surface area contributed by atoms with Gasteiger partial charge in [-0.1, -0.05) is 30.3 Å². The number of hydrogen-bond donors (Lipinski definition) is 1. The molecule has 1 atom stereocenters. The summed E-state index contributed by atoms with van der Waals surface area (Å²) in [5.41, 5.74) is 1.28. The van der Waals surface area contributed by atoms with Crippen LogP contribution in [0.15, 0.2) is 30.3 Å². The molecular formula is C19H26N2O3. The molecule has 2 heterocycles. The highest BCUT2D eigenvalue weighted by molar-refractivity contribution is 5.80. The zero-order chi connectivity index (χ0) is 17.2. The number of carbonyl (C=O) groups excluding carboxylic acids is 2. The zero-order valence-corrected chi connectivity index (χ0v) is 14.3. The molecule has 24 heavy (non-hydrogen) atoms. The zero-order valence-electron chi connectivity index (χ0n) is 14.3. The van der Waals surface area contributed by atoms with E-state index >= 15 is 0 Å². The van der Waals surface area contributed by atoms with Crippen LogP contribution in [-0.2, 0) is 16.1 Å². The normalized spacial score (nSPS) is 21.8. The van der Waals surface area contributed by atoms with Gasteiger partial charge in [0.15, 0.2) is 0 Å². The second kappa shape index (κ2) is 6.93. The van der Waals surface area contributed by atoms with E-state index in [0.717, 1.165) is 31.4 Å². The monoisotopic (exact) mass is 330 g/mol. The quantitative estimate of drug-likeness (QED) is 0.919. The van der Waals surface area contributed by atoms with Crippen LogP contribution in [0, 0.1) is 5.41 Å². The van der Waals surface area contributed by atoms with E-state index in [1.54, 1.807) is 4.90 Å². The summed E-state index contributed by atoms with van der Waals surface area (Å²) >= 11 is 0. The standard InChI is InChI=1S/C19H26N2O3/c1-15(22)18(24)20-11-9-19(10-12-20)8-7-17(23)21(14-19)13-16-5-3-2-4-6-16/h2-6,15,22H,7-14H2,1H3/t15-/m0/s1. The lowest BCUT2D eigenvalue weighted by Crippen LogP contribution is -2.53. The number of likely N-dealkylation sites (tertiary alicyclic amines) is 2. The molecule has 0 aromatic heterocycles. The summed E-state index contributed by atoms with van der Waals surface area (Å²) in [5, 5.41) is 9.47. The molecule has 130 valence electrons. The van der Waals surface area contributed by atoms with Crippen LogP contribution in [0.4, 0.5) is 0 Å². The van der Waals surface area contributed by atoms with Crippen molar-refractivity contribution in [3.8, 4) is 0 Å². The minimum Gasteiger partial charge on any atom is -0.384 e. The molecule has 0 bridgehead atoms. The number of aliphatic hydroxyl groups excluding tert-OH is 1. The van der Waals surface area contributed by atoms with Gasteiger partial charge in [0.25, 0.3) is 5.91 Å². The third-order valence-corrected chi connectivity index (χ3v) is 5.46. The van der Waals surface area contributed by atoms with Crippen LogP contribution in [-0.4, -0.2) is 52.5 Å². The van der Waals surface area contributed by atoms with Gasteiger partial charge in [-0.15, -0.1) is 0 Å². The first-order chi connectivity index (χ1) is 11.5. The van der Waals surface area contributed by atoms with Gasteiger partial charge in [-0.25, -0.2) is 0 Å². The number of nitrogens with zero attached hydrogens (tertiary/aromatic N) is 2. The summed E-state index contributed by atoms with van der Waals surface area (Å²) in [6, 6.07) is 10.1. The lowest BCUT2D eigenvalue weighted by atomic mass is 9.72. The van der Waals surface area contributed by atoms with Crippen molar-refractivity contribution in [2.24, 2.45) is 5.41 Å². The van der Waals surface area contributed by atoms with E-state index in [4.69, 9.17) is 0 Å². The molecule has 2 aliphatic heterocycles. The molecule has 3 rings (SSSR count). The molecule has 0 saturated carbocycles. The Labute approximate surface area is 143 Å².